The predicted octanol–water partition coefficient (Wildman–Crippen LogP) is 3.10. The summed E-state index contributed by atoms with van der Waals surface area (Å²) in [6, 6.07) is 8.11. The first-order valence-corrected chi connectivity index (χ1v) is 10.0. The van der Waals surface area contributed by atoms with E-state index in [9.17, 15) is 9.18 Å². The van der Waals surface area contributed by atoms with E-state index in [0.717, 1.165) is 29.7 Å². The van der Waals surface area contributed by atoms with Crippen molar-refractivity contribution >= 4 is 11.9 Å². The molecule has 1 atom stereocenters. The normalized spacial score (nSPS) is 16.5. The molecule has 1 amide bonds. The first kappa shape index (κ1) is 20.0. The number of aryl methyl sites for hydroxylation is 1. The van der Waals surface area contributed by atoms with Gasteiger partial charge in [-0.25, -0.2) is 14.4 Å². The largest absolute Gasteiger partial charge is 0.347 e. The van der Waals surface area contributed by atoms with Gasteiger partial charge in [0.05, 0.1) is 5.69 Å². The molecule has 0 bridgehead atoms. The quantitative estimate of drug-likeness (QED) is 0.664. The van der Waals surface area contributed by atoms with Crippen LogP contribution in [0.5, 0.6) is 0 Å². The summed E-state index contributed by atoms with van der Waals surface area (Å²) in [5.41, 5.74) is 3.21. The Bertz CT molecular complexity index is 1050. The van der Waals surface area contributed by atoms with Gasteiger partial charge in [-0.05, 0) is 36.6 Å². The van der Waals surface area contributed by atoms with Crippen molar-refractivity contribution in [3.8, 4) is 11.1 Å². The summed E-state index contributed by atoms with van der Waals surface area (Å²) >= 11 is 0. The third-order valence-corrected chi connectivity index (χ3v) is 5.50. The lowest BCUT2D eigenvalue weighted by Gasteiger charge is -2.33. The second-order valence-corrected chi connectivity index (χ2v) is 7.80. The Morgan fingerprint density at radius 1 is 1.20 bits per heavy atom. The van der Waals surface area contributed by atoms with E-state index >= 15 is 0 Å². The first-order chi connectivity index (χ1) is 14.4. The highest BCUT2D eigenvalue weighted by Gasteiger charge is 2.29. The lowest BCUT2D eigenvalue weighted by Crippen LogP contribution is -2.40. The topological polar surface area (TPSA) is 67.2 Å². The molecular formula is C22H25FN6O. The van der Waals surface area contributed by atoms with Crippen molar-refractivity contribution in [3.05, 3.63) is 59.9 Å². The molecule has 3 heterocycles. The molecule has 30 heavy (non-hydrogen) atoms. The zero-order valence-corrected chi connectivity index (χ0v) is 17.4. The van der Waals surface area contributed by atoms with Crippen molar-refractivity contribution in [2.75, 3.05) is 32.1 Å². The van der Waals surface area contributed by atoms with Gasteiger partial charge in [0.2, 0.25) is 5.95 Å². The summed E-state index contributed by atoms with van der Waals surface area (Å²) < 4.78 is 15.0. The van der Waals surface area contributed by atoms with Gasteiger partial charge in [0.25, 0.3) is 5.91 Å². The molecule has 4 rings (SSSR count). The maximum atomic E-state index is 13.4. The van der Waals surface area contributed by atoms with E-state index in [2.05, 4.69) is 10.1 Å². The van der Waals surface area contributed by atoms with E-state index in [0.29, 0.717) is 24.7 Å². The fraction of sp³-hybridized carbons (Fsp3) is 0.364. The van der Waals surface area contributed by atoms with E-state index in [1.54, 1.807) is 42.3 Å². The van der Waals surface area contributed by atoms with Crippen LogP contribution < -0.4 is 4.90 Å². The Morgan fingerprint density at radius 3 is 2.63 bits per heavy atom. The van der Waals surface area contributed by atoms with Crippen molar-refractivity contribution in [1.82, 2.24) is 24.6 Å². The van der Waals surface area contributed by atoms with Crippen molar-refractivity contribution < 1.29 is 9.18 Å². The molecule has 0 aliphatic carbocycles. The molecule has 1 fully saturated rings. The molecule has 1 aliphatic rings. The van der Waals surface area contributed by atoms with Gasteiger partial charge < -0.3 is 9.80 Å². The smallest absolute Gasteiger partial charge is 0.272 e. The van der Waals surface area contributed by atoms with Crippen molar-refractivity contribution in [3.63, 3.8) is 0 Å². The van der Waals surface area contributed by atoms with Crippen LogP contribution in [0.4, 0.5) is 10.3 Å². The molecule has 8 heteroatoms. The minimum atomic E-state index is -0.281. The Kier molecular flexibility index (Phi) is 5.48. The average molecular weight is 408 g/mol. The number of piperidine rings is 1. The molecule has 3 aromatic rings. The van der Waals surface area contributed by atoms with Crippen LogP contribution in [0.15, 0.2) is 42.7 Å². The molecule has 156 valence electrons. The van der Waals surface area contributed by atoms with E-state index < -0.39 is 0 Å². The Hall–Kier alpha value is -3.29. The molecule has 0 spiro atoms. The van der Waals surface area contributed by atoms with Gasteiger partial charge in [-0.1, -0.05) is 12.1 Å². The van der Waals surface area contributed by atoms with Crippen LogP contribution in [-0.2, 0) is 7.05 Å². The molecule has 0 N–H and O–H groups in total. The number of aromatic nitrogens is 4. The summed E-state index contributed by atoms with van der Waals surface area (Å²) in [6.45, 7) is 1.28. The number of nitrogens with zero attached hydrogens (tertiary/aromatic N) is 6. The van der Waals surface area contributed by atoms with Gasteiger partial charge in [-0.2, -0.15) is 5.10 Å². The van der Waals surface area contributed by atoms with Crippen molar-refractivity contribution in [1.29, 1.82) is 0 Å². The summed E-state index contributed by atoms with van der Waals surface area (Å²) in [4.78, 5) is 26.0. The molecule has 7 nitrogen and oxygen atoms in total. The fourth-order valence-electron chi connectivity index (χ4n) is 3.89. The van der Waals surface area contributed by atoms with Crippen LogP contribution in [0.1, 0.15) is 34.9 Å². The number of anilines is 1. The predicted molar refractivity (Wildman–Crippen MR) is 113 cm³/mol. The second-order valence-electron chi connectivity index (χ2n) is 7.80. The van der Waals surface area contributed by atoms with E-state index in [-0.39, 0.29) is 17.6 Å². The molecule has 0 radical (unpaired) electrons. The fourth-order valence-corrected chi connectivity index (χ4v) is 3.89. The number of rotatable bonds is 4. The molecule has 2 aromatic heterocycles. The minimum Gasteiger partial charge on any atom is -0.347 e. The van der Waals surface area contributed by atoms with Gasteiger partial charge in [-0.15, -0.1) is 0 Å². The van der Waals surface area contributed by atoms with Crippen LogP contribution in [0.3, 0.4) is 0 Å². The number of hydrogen-bond acceptors (Lipinski definition) is 5. The van der Waals surface area contributed by atoms with Crippen molar-refractivity contribution in [2.45, 2.75) is 18.8 Å². The minimum absolute atomic E-state index is 0.0232. The Balaban J connectivity index is 1.69. The Morgan fingerprint density at radius 2 is 1.97 bits per heavy atom. The maximum absolute atomic E-state index is 13.4. The van der Waals surface area contributed by atoms with Gasteiger partial charge in [0, 0.05) is 58.1 Å². The standard InChI is InChI=1S/C22H25FN6O/c1-27(2)22-24-13-18(15-6-8-17(23)9-7-15)20(26-22)16-5-4-12-29(14-16)21(30)19-10-11-25-28(19)3/h6-11,13,16H,4-5,12,14H2,1-3H3/t16-/m0/s1. The van der Waals surface area contributed by atoms with Gasteiger partial charge in [0.15, 0.2) is 0 Å². The number of halogens is 1. The van der Waals surface area contributed by atoms with Crippen molar-refractivity contribution in [2.24, 2.45) is 7.05 Å². The van der Waals surface area contributed by atoms with Crippen LogP contribution in [0.2, 0.25) is 0 Å². The van der Waals surface area contributed by atoms with Gasteiger partial charge in [-0.3, -0.25) is 9.48 Å². The maximum Gasteiger partial charge on any atom is 0.272 e. The number of hydrogen-bond donors (Lipinski definition) is 0. The number of likely N-dealkylation sites (tertiary alicyclic amines) is 1. The first-order valence-electron chi connectivity index (χ1n) is 10.0. The lowest BCUT2D eigenvalue weighted by molar-refractivity contribution is 0.0695. The second kappa shape index (κ2) is 8.22. The van der Waals surface area contributed by atoms with E-state index in [4.69, 9.17) is 4.98 Å². The SMILES string of the molecule is CN(C)c1ncc(-c2ccc(F)cc2)c([C@H]2CCCN(C(=O)c3ccnn3C)C2)n1. The van der Waals surface area contributed by atoms with Crippen LogP contribution >= 0.6 is 0 Å². The summed E-state index contributed by atoms with van der Waals surface area (Å²) in [5, 5.41) is 4.11. The van der Waals surface area contributed by atoms with Crippen LogP contribution in [-0.4, -0.2) is 57.7 Å². The van der Waals surface area contributed by atoms with Crippen LogP contribution in [0, 0.1) is 5.82 Å². The van der Waals surface area contributed by atoms with E-state index in [1.807, 2.05) is 23.9 Å². The molecule has 0 unspecified atom stereocenters. The van der Waals surface area contributed by atoms with Gasteiger partial charge >= 0.3 is 0 Å². The molecule has 0 saturated carbocycles. The average Bonchev–Trinajstić information content (AvgIpc) is 3.19. The number of carbonyl (C=O) groups is 1. The molecule has 1 saturated heterocycles. The van der Waals surface area contributed by atoms with Gasteiger partial charge in [0.1, 0.15) is 11.5 Å². The Labute approximate surface area is 175 Å². The highest BCUT2D eigenvalue weighted by Crippen LogP contribution is 2.34. The summed E-state index contributed by atoms with van der Waals surface area (Å²) in [5.74, 6) is 0.380. The van der Waals surface area contributed by atoms with Crippen LogP contribution in [0.25, 0.3) is 11.1 Å². The van der Waals surface area contributed by atoms with E-state index in [1.165, 1.54) is 12.1 Å². The third-order valence-electron chi connectivity index (χ3n) is 5.50. The highest BCUT2D eigenvalue weighted by atomic mass is 19.1. The zero-order valence-electron chi connectivity index (χ0n) is 17.4. The third kappa shape index (κ3) is 3.90. The molecule has 1 aliphatic heterocycles. The molecule has 1 aromatic carbocycles. The number of amides is 1. The number of carbonyl (C=O) groups excluding carboxylic acids is 1. The summed E-state index contributed by atoms with van der Waals surface area (Å²) in [6.07, 6.45) is 5.24. The lowest BCUT2D eigenvalue weighted by atomic mass is 9.89. The summed E-state index contributed by atoms with van der Waals surface area (Å²) in [7, 11) is 5.57. The monoisotopic (exact) mass is 408 g/mol. The number of benzene rings is 1. The highest BCUT2D eigenvalue weighted by molar-refractivity contribution is 5.92. The molecular weight excluding hydrogens is 383 g/mol. The zero-order chi connectivity index (χ0) is 21.3.